The number of nitrogens with two attached hydrogens (primary N) is 1. The lowest BCUT2D eigenvalue weighted by Gasteiger charge is -2.15. The van der Waals surface area contributed by atoms with Gasteiger partial charge in [-0.2, -0.15) is 0 Å². The van der Waals surface area contributed by atoms with Crippen molar-refractivity contribution in [2.45, 2.75) is 31.3 Å². The van der Waals surface area contributed by atoms with Gasteiger partial charge in [0.25, 0.3) is 0 Å². The number of benzene rings is 1. The second-order valence-electron chi connectivity index (χ2n) is 4.85. The standard InChI is InChI=1S/C12H19FN2O3S/c1-8(2)5-9(16)7-15-12-4-3-10(6-11(12)13)19(14,17)18/h3-4,6,8-9,15-16H,5,7H2,1-2H3,(H2,14,17,18). The largest absolute Gasteiger partial charge is 0.391 e. The molecule has 5 nitrogen and oxygen atoms in total. The van der Waals surface area contributed by atoms with Gasteiger partial charge in [-0.15, -0.1) is 0 Å². The monoisotopic (exact) mass is 290 g/mol. The van der Waals surface area contributed by atoms with Crippen LogP contribution in [0.5, 0.6) is 0 Å². The van der Waals surface area contributed by atoms with Crippen LogP contribution < -0.4 is 10.5 Å². The third kappa shape index (κ3) is 5.14. The Morgan fingerprint density at radius 1 is 1.42 bits per heavy atom. The Bertz CT molecular complexity index is 532. The zero-order valence-corrected chi connectivity index (χ0v) is 11.7. The summed E-state index contributed by atoms with van der Waals surface area (Å²) in [7, 11) is -3.91. The van der Waals surface area contributed by atoms with E-state index in [-0.39, 0.29) is 17.1 Å². The zero-order chi connectivity index (χ0) is 14.6. The minimum Gasteiger partial charge on any atom is -0.391 e. The van der Waals surface area contributed by atoms with E-state index in [1.165, 1.54) is 12.1 Å². The van der Waals surface area contributed by atoms with Crippen molar-refractivity contribution in [1.29, 1.82) is 0 Å². The summed E-state index contributed by atoms with van der Waals surface area (Å²) in [6, 6.07) is 3.36. The van der Waals surface area contributed by atoms with Crippen molar-refractivity contribution in [3.63, 3.8) is 0 Å². The van der Waals surface area contributed by atoms with E-state index >= 15 is 0 Å². The summed E-state index contributed by atoms with van der Waals surface area (Å²) in [6.07, 6.45) is 0.0153. The van der Waals surface area contributed by atoms with Gasteiger partial charge in [0, 0.05) is 6.54 Å². The molecular weight excluding hydrogens is 271 g/mol. The number of rotatable bonds is 6. The lowest BCUT2D eigenvalue weighted by atomic mass is 10.1. The maximum atomic E-state index is 13.6. The van der Waals surface area contributed by atoms with Gasteiger partial charge in [-0.1, -0.05) is 13.8 Å². The molecule has 1 rings (SSSR count). The molecule has 0 fully saturated rings. The van der Waals surface area contributed by atoms with Crippen molar-refractivity contribution in [1.82, 2.24) is 0 Å². The predicted octanol–water partition coefficient (Wildman–Crippen LogP) is 1.29. The average Bonchev–Trinajstić information content (AvgIpc) is 2.25. The Morgan fingerprint density at radius 3 is 2.53 bits per heavy atom. The normalized spacial score (nSPS) is 13.6. The average molecular weight is 290 g/mol. The summed E-state index contributed by atoms with van der Waals surface area (Å²) in [6.45, 7) is 4.15. The maximum absolute atomic E-state index is 13.6. The molecule has 1 atom stereocenters. The van der Waals surface area contributed by atoms with Crippen LogP contribution in [0, 0.1) is 11.7 Å². The molecule has 0 heterocycles. The van der Waals surface area contributed by atoms with E-state index in [9.17, 15) is 17.9 Å². The molecule has 108 valence electrons. The van der Waals surface area contributed by atoms with Crippen molar-refractivity contribution >= 4 is 15.7 Å². The van der Waals surface area contributed by atoms with Gasteiger partial charge in [0.2, 0.25) is 10.0 Å². The number of nitrogens with one attached hydrogen (secondary N) is 1. The lowest BCUT2D eigenvalue weighted by molar-refractivity contribution is 0.161. The third-order valence-corrected chi connectivity index (χ3v) is 3.45. The van der Waals surface area contributed by atoms with Crippen LogP contribution in [0.15, 0.2) is 23.1 Å². The molecule has 0 aliphatic carbocycles. The van der Waals surface area contributed by atoms with E-state index in [0.29, 0.717) is 12.3 Å². The number of hydrogen-bond acceptors (Lipinski definition) is 4. The highest BCUT2D eigenvalue weighted by Crippen LogP contribution is 2.18. The van der Waals surface area contributed by atoms with E-state index in [0.717, 1.165) is 6.07 Å². The van der Waals surface area contributed by atoms with Gasteiger partial charge in [-0.3, -0.25) is 0 Å². The van der Waals surface area contributed by atoms with E-state index in [1.807, 2.05) is 13.8 Å². The molecule has 0 saturated heterocycles. The quantitative estimate of drug-likeness (QED) is 0.736. The van der Waals surface area contributed by atoms with E-state index in [2.05, 4.69) is 5.32 Å². The minimum atomic E-state index is -3.91. The fraction of sp³-hybridized carbons (Fsp3) is 0.500. The maximum Gasteiger partial charge on any atom is 0.238 e. The van der Waals surface area contributed by atoms with Crippen molar-refractivity contribution in [2.24, 2.45) is 11.1 Å². The molecule has 1 aromatic carbocycles. The van der Waals surface area contributed by atoms with Gasteiger partial charge in [0.15, 0.2) is 0 Å². The highest BCUT2D eigenvalue weighted by Gasteiger charge is 2.12. The van der Waals surface area contributed by atoms with Crippen LogP contribution >= 0.6 is 0 Å². The number of halogens is 1. The summed E-state index contributed by atoms with van der Waals surface area (Å²) >= 11 is 0. The summed E-state index contributed by atoms with van der Waals surface area (Å²) in [5, 5.41) is 17.3. The first-order chi connectivity index (χ1) is 8.70. The van der Waals surface area contributed by atoms with Crippen LogP contribution in [0.4, 0.5) is 10.1 Å². The first-order valence-corrected chi connectivity index (χ1v) is 7.49. The zero-order valence-electron chi connectivity index (χ0n) is 10.9. The Labute approximate surface area is 112 Å². The Hall–Kier alpha value is -1.18. The van der Waals surface area contributed by atoms with Crippen LogP contribution in [0.25, 0.3) is 0 Å². The molecule has 0 bridgehead atoms. The molecule has 0 spiro atoms. The minimum absolute atomic E-state index is 0.134. The van der Waals surface area contributed by atoms with Gasteiger partial charge in [-0.25, -0.2) is 17.9 Å². The Balaban J connectivity index is 2.71. The second-order valence-corrected chi connectivity index (χ2v) is 6.41. The molecule has 0 aromatic heterocycles. The first-order valence-electron chi connectivity index (χ1n) is 5.94. The number of primary sulfonamides is 1. The van der Waals surface area contributed by atoms with Crippen molar-refractivity contribution < 1.29 is 17.9 Å². The molecule has 0 amide bonds. The summed E-state index contributed by atoms with van der Waals surface area (Å²) in [4.78, 5) is -0.279. The third-order valence-electron chi connectivity index (χ3n) is 2.54. The number of hydrogen-bond donors (Lipinski definition) is 3. The van der Waals surface area contributed by atoms with Crippen molar-refractivity contribution in [2.75, 3.05) is 11.9 Å². The smallest absolute Gasteiger partial charge is 0.238 e. The van der Waals surface area contributed by atoms with Crippen LogP contribution in [0.1, 0.15) is 20.3 Å². The van der Waals surface area contributed by atoms with Gasteiger partial charge in [-0.05, 0) is 30.5 Å². The highest BCUT2D eigenvalue weighted by molar-refractivity contribution is 7.89. The van der Waals surface area contributed by atoms with Crippen LogP contribution in [-0.4, -0.2) is 26.2 Å². The topological polar surface area (TPSA) is 92.4 Å². The molecule has 4 N–H and O–H groups in total. The number of anilines is 1. The second kappa shape index (κ2) is 6.31. The molecule has 1 aromatic rings. The molecule has 1 unspecified atom stereocenters. The number of aliphatic hydroxyl groups is 1. The van der Waals surface area contributed by atoms with Gasteiger partial charge < -0.3 is 10.4 Å². The van der Waals surface area contributed by atoms with Gasteiger partial charge in [0.05, 0.1) is 16.7 Å². The summed E-state index contributed by atoms with van der Waals surface area (Å²) in [5.41, 5.74) is 0.134. The molecule has 19 heavy (non-hydrogen) atoms. The van der Waals surface area contributed by atoms with Gasteiger partial charge in [0.1, 0.15) is 5.82 Å². The number of aliphatic hydroxyl groups excluding tert-OH is 1. The van der Waals surface area contributed by atoms with Crippen molar-refractivity contribution in [3.05, 3.63) is 24.0 Å². The fourth-order valence-electron chi connectivity index (χ4n) is 1.67. The SMILES string of the molecule is CC(C)CC(O)CNc1ccc(S(N)(=O)=O)cc1F. The van der Waals surface area contributed by atoms with E-state index in [1.54, 1.807) is 0 Å². The van der Waals surface area contributed by atoms with Crippen LogP contribution in [0.3, 0.4) is 0 Å². The molecule has 0 aliphatic rings. The van der Waals surface area contributed by atoms with E-state index in [4.69, 9.17) is 5.14 Å². The number of sulfonamides is 1. The van der Waals surface area contributed by atoms with Crippen LogP contribution in [-0.2, 0) is 10.0 Å². The molecular formula is C12H19FN2O3S. The summed E-state index contributed by atoms with van der Waals surface area (Å²) in [5.74, 6) is -0.380. The van der Waals surface area contributed by atoms with Gasteiger partial charge >= 0.3 is 0 Å². The predicted molar refractivity (Wildman–Crippen MR) is 71.7 cm³/mol. The van der Waals surface area contributed by atoms with E-state index < -0.39 is 21.9 Å². The van der Waals surface area contributed by atoms with Crippen LogP contribution in [0.2, 0.25) is 0 Å². The summed E-state index contributed by atoms with van der Waals surface area (Å²) < 4.78 is 35.7. The molecule has 7 heteroatoms. The molecule has 0 radical (unpaired) electrons. The molecule has 0 aliphatic heterocycles. The highest BCUT2D eigenvalue weighted by atomic mass is 32.2. The molecule has 0 saturated carbocycles. The lowest BCUT2D eigenvalue weighted by Crippen LogP contribution is -2.21. The Kier molecular flexibility index (Phi) is 5.28. The van der Waals surface area contributed by atoms with Crippen molar-refractivity contribution in [3.8, 4) is 0 Å². The Morgan fingerprint density at radius 2 is 2.05 bits per heavy atom. The fourth-order valence-corrected chi connectivity index (χ4v) is 2.20. The first kappa shape index (κ1) is 15.9.